The summed E-state index contributed by atoms with van der Waals surface area (Å²) < 4.78 is 0. The largest absolute Gasteiger partial charge is 0.366 e. The smallest absolute Gasteiger partial charge is 0.248 e. The number of nitrogens with two attached hydrogens (primary N) is 1. The Morgan fingerprint density at radius 1 is 1.05 bits per heavy atom. The fourth-order valence-electron chi connectivity index (χ4n) is 1.68. The molecule has 0 radical (unpaired) electrons. The maximum Gasteiger partial charge on any atom is 0.248 e. The summed E-state index contributed by atoms with van der Waals surface area (Å²) in [4.78, 5) is 10.9. The minimum Gasteiger partial charge on any atom is -0.366 e. The third-order valence-corrected chi connectivity index (χ3v) is 3.97. The van der Waals surface area contributed by atoms with E-state index >= 15 is 0 Å². The standard InChI is InChI=1S/C15H14ClNOS/c16-14-3-1-2-12(8-14)10-19-9-11-4-6-13(7-5-11)15(17)18/h1-8H,9-10H2,(H2,17,18). The first-order valence-corrected chi connectivity index (χ1v) is 7.39. The molecule has 0 saturated carbocycles. The zero-order valence-corrected chi connectivity index (χ0v) is 11.9. The molecule has 0 aliphatic heterocycles. The predicted molar refractivity (Wildman–Crippen MR) is 81.4 cm³/mol. The van der Waals surface area contributed by atoms with Crippen molar-refractivity contribution in [1.29, 1.82) is 0 Å². The van der Waals surface area contributed by atoms with Crippen molar-refractivity contribution in [3.05, 3.63) is 70.2 Å². The van der Waals surface area contributed by atoms with Crippen molar-refractivity contribution in [2.45, 2.75) is 11.5 Å². The van der Waals surface area contributed by atoms with Crippen LogP contribution >= 0.6 is 23.4 Å². The van der Waals surface area contributed by atoms with E-state index in [0.29, 0.717) is 5.56 Å². The number of rotatable bonds is 5. The van der Waals surface area contributed by atoms with Gasteiger partial charge in [-0.15, -0.1) is 0 Å². The van der Waals surface area contributed by atoms with Crippen molar-refractivity contribution in [2.75, 3.05) is 0 Å². The van der Waals surface area contributed by atoms with E-state index in [9.17, 15) is 4.79 Å². The molecule has 2 nitrogen and oxygen atoms in total. The van der Waals surface area contributed by atoms with Crippen LogP contribution in [-0.4, -0.2) is 5.91 Å². The van der Waals surface area contributed by atoms with Gasteiger partial charge in [0.15, 0.2) is 0 Å². The second kappa shape index (κ2) is 6.64. The average molecular weight is 292 g/mol. The Labute approximate surface area is 122 Å². The van der Waals surface area contributed by atoms with Gasteiger partial charge in [0.1, 0.15) is 0 Å². The summed E-state index contributed by atoms with van der Waals surface area (Å²) >= 11 is 7.74. The van der Waals surface area contributed by atoms with Crippen LogP contribution in [0.3, 0.4) is 0 Å². The molecule has 0 bridgehead atoms. The molecule has 0 aliphatic carbocycles. The maximum absolute atomic E-state index is 10.9. The summed E-state index contributed by atoms with van der Waals surface area (Å²) in [6, 6.07) is 15.3. The van der Waals surface area contributed by atoms with E-state index < -0.39 is 5.91 Å². The third-order valence-electron chi connectivity index (χ3n) is 2.66. The van der Waals surface area contributed by atoms with Crippen LogP contribution in [0.2, 0.25) is 5.02 Å². The van der Waals surface area contributed by atoms with E-state index in [1.807, 2.05) is 42.1 Å². The van der Waals surface area contributed by atoms with E-state index in [2.05, 4.69) is 6.07 Å². The van der Waals surface area contributed by atoms with Crippen LogP contribution in [-0.2, 0) is 11.5 Å². The van der Waals surface area contributed by atoms with Gasteiger partial charge in [-0.05, 0) is 35.4 Å². The van der Waals surface area contributed by atoms with Crippen molar-refractivity contribution in [1.82, 2.24) is 0 Å². The third kappa shape index (κ3) is 4.30. The zero-order chi connectivity index (χ0) is 13.7. The zero-order valence-electron chi connectivity index (χ0n) is 10.3. The molecule has 2 aromatic rings. The predicted octanol–water partition coefficient (Wildman–Crippen LogP) is 3.87. The van der Waals surface area contributed by atoms with Crippen molar-refractivity contribution < 1.29 is 4.79 Å². The minimum absolute atomic E-state index is 0.391. The Balaban J connectivity index is 1.87. The molecule has 2 rings (SSSR count). The molecule has 98 valence electrons. The van der Waals surface area contributed by atoms with E-state index in [4.69, 9.17) is 17.3 Å². The molecular weight excluding hydrogens is 278 g/mol. The SMILES string of the molecule is NC(=O)c1ccc(CSCc2cccc(Cl)c2)cc1. The second-order valence-electron chi connectivity index (χ2n) is 4.18. The monoisotopic (exact) mass is 291 g/mol. The molecule has 0 aliphatic rings. The van der Waals surface area contributed by atoms with Gasteiger partial charge in [-0.3, -0.25) is 4.79 Å². The second-order valence-corrected chi connectivity index (χ2v) is 5.61. The topological polar surface area (TPSA) is 43.1 Å². The Hall–Kier alpha value is -1.45. The first-order valence-electron chi connectivity index (χ1n) is 5.86. The van der Waals surface area contributed by atoms with Crippen LogP contribution in [0.1, 0.15) is 21.5 Å². The Kier molecular flexibility index (Phi) is 4.88. The first-order chi connectivity index (χ1) is 9.15. The van der Waals surface area contributed by atoms with Crippen LogP contribution in [0.25, 0.3) is 0 Å². The van der Waals surface area contributed by atoms with E-state index in [1.54, 1.807) is 12.1 Å². The number of halogens is 1. The summed E-state index contributed by atoms with van der Waals surface area (Å²) in [6.45, 7) is 0. The molecule has 2 N–H and O–H groups in total. The number of hydrogen-bond donors (Lipinski definition) is 1. The van der Waals surface area contributed by atoms with Gasteiger partial charge in [-0.25, -0.2) is 0 Å². The van der Waals surface area contributed by atoms with Gasteiger partial charge in [0, 0.05) is 22.1 Å². The fraction of sp³-hybridized carbons (Fsp3) is 0.133. The highest BCUT2D eigenvalue weighted by Gasteiger charge is 2.00. The van der Waals surface area contributed by atoms with Crippen molar-refractivity contribution in [3.8, 4) is 0 Å². The van der Waals surface area contributed by atoms with Gasteiger partial charge in [-0.2, -0.15) is 11.8 Å². The highest BCUT2D eigenvalue weighted by molar-refractivity contribution is 7.97. The highest BCUT2D eigenvalue weighted by atomic mass is 35.5. The quantitative estimate of drug-likeness (QED) is 0.908. The number of carbonyl (C=O) groups is 1. The molecule has 4 heteroatoms. The number of benzene rings is 2. The van der Waals surface area contributed by atoms with Gasteiger partial charge in [-0.1, -0.05) is 35.9 Å². The minimum atomic E-state index is -0.391. The molecule has 19 heavy (non-hydrogen) atoms. The van der Waals surface area contributed by atoms with Crippen molar-refractivity contribution in [3.63, 3.8) is 0 Å². The lowest BCUT2D eigenvalue weighted by Crippen LogP contribution is -2.10. The Morgan fingerprint density at radius 2 is 1.74 bits per heavy atom. The van der Waals surface area contributed by atoms with Crippen molar-refractivity contribution in [2.24, 2.45) is 5.73 Å². The molecule has 0 aromatic heterocycles. The summed E-state index contributed by atoms with van der Waals surface area (Å²) in [5.74, 6) is 1.42. The molecule has 0 heterocycles. The van der Waals surface area contributed by atoms with E-state index in [-0.39, 0.29) is 0 Å². The molecule has 0 saturated heterocycles. The fourth-order valence-corrected chi connectivity index (χ4v) is 2.84. The number of primary amides is 1. The molecule has 0 spiro atoms. The van der Waals surface area contributed by atoms with Crippen LogP contribution in [0.4, 0.5) is 0 Å². The molecule has 1 amide bonds. The molecule has 0 atom stereocenters. The summed E-state index contributed by atoms with van der Waals surface area (Å²) in [6.07, 6.45) is 0. The van der Waals surface area contributed by atoms with Crippen LogP contribution in [0.15, 0.2) is 48.5 Å². The van der Waals surface area contributed by atoms with E-state index in [1.165, 1.54) is 11.1 Å². The Bertz CT molecular complexity index is 569. The van der Waals surface area contributed by atoms with Gasteiger partial charge < -0.3 is 5.73 Å². The van der Waals surface area contributed by atoms with Gasteiger partial charge >= 0.3 is 0 Å². The number of carbonyl (C=O) groups excluding carboxylic acids is 1. The lowest BCUT2D eigenvalue weighted by atomic mass is 10.1. The van der Waals surface area contributed by atoms with Gasteiger partial charge in [0.05, 0.1) is 0 Å². The maximum atomic E-state index is 10.9. The van der Waals surface area contributed by atoms with Gasteiger partial charge in [0.2, 0.25) is 5.91 Å². The summed E-state index contributed by atoms with van der Waals surface area (Å²) in [7, 11) is 0. The van der Waals surface area contributed by atoms with Crippen molar-refractivity contribution >= 4 is 29.3 Å². The average Bonchev–Trinajstić information content (AvgIpc) is 2.39. The van der Waals surface area contributed by atoms with Crippen LogP contribution in [0.5, 0.6) is 0 Å². The van der Waals surface area contributed by atoms with E-state index in [0.717, 1.165) is 16.5 Å². The molecule has 0 unspecified atom stereocenters. The molecular formula is C15H14ClNOS. The normalized spacial score (nSPS) is 10.4. The molecule has 0 fully saturated rings. The summed E-state index contributed by atoms with van der Waals surface area (Å²) in [5, 5.41) is 0.768. The van der Waals surface area contributed by atoms with Crippen LogP contribution in [0, 0.1) is 0 Å². The van der Waals surface area contributed by atoms with Crippen LogP contribution < -0.4 is 5.73 Å². The first kappa shape index (κ1) is 14.0. The lowest BCUT2D eigenvalue weighted by molar-refractivity contribution is 0.100. The number of amides is 1. The molecule has 2 aromatic carbocycles. The summed E-state index contributed by atoms with van der Waals surface area (Å²) in [5.41, 5.74) is 8.13. The number of hydrogen-bond acceptors (Lipinski definition) is 2. The number of thioether (sulfide) groups is 1. The highest BCUT2D eigenvalue weighted by Crippen LogP contribution is 2.20. The van der Waals surface area contributed by atoms with Gasteiger partial charge in [0.25, 0.3) is 0 Å². The Morgan fingerprint density at radius 3 is 2.37 bits per heavy atom. The lowest BCUT2D eigenvalue weighted by Gasteiger charge is -2.04.